The number of anilines is 1. The van der Waals surface area contributed by atoms with Gasteiger partial charge in [-0.1, -0.05) is 43.3 Å². The molecule has 2 atom stereocenters. The van der Waals surface area contributed by atoms with Crippen LogP contribution in [0, 0.1) is 6.92 Å². The zero-order valence-corrected chi connectivity index (χ0v) is 11.7. The Balaban J connectivity index is 1.89. The fourth-order valence-corrected chi connectivity index (χ4v) is 3.09. The number of benzene rings is 2. The van der Waals surface area contributed by atoms with E-state index >= 15 is 0 Å². The van der Waals surface area contributed by atoms with Gasteiger partial charge in [-0.2, -0.15) is 0 Å². The summed E-state index contributed by atoms with van der Waals surface area (Å²) in [4.78, 5) is 0. The Morgan fingerprint density at radius 2 is 1.74 bits per heavy atom. The molecule has 0 heterocycles. The Hall–Kier alpha value is -1.76. The van der Waals surface area contributed by atoms with E-state index in [1.807, 2.05) is 0 Å². The standard InChI is InChI=1S/C18H21N/c1-13-6-5-7-15(12-13)19-18-11-10-14(2)16-8-3-4-9-17(16)18/h3-9,12,14,18-19H,10-11H2,1-2H3. The van der Waals surface area contributed by atoms with Gasteiger partial charge >= 0.3 is 0 Å². The minimum atomic E-state index is 0.453. The topological polar surface area (TPSA) is 12.0 Å². The van der Waals surface area contributed by atoms with Crippen molar-refractivity contribution in [2.24, 2.45) is 0 Å². The van der Waals surface area contributed by atoms with Crippen LogP contribution < -0.4 is 5.32 Å². The summed E-state index contributed by atoms with van der Waals surface area (Å²) in [6, 6.07) is 18.0. The number of rotatable bonds is 2. The van der Waals surface area contributed by atoms with Crippen molar-refractivity contribution < 1.29 is 0 Å². The van der Waals surface area contributed by atoms with Crippen LogP contribution in [0.4, 0.5) is 5.69 Å². The monoisotopic (exact) mass is 251 g/mol. The molecule has 0 saturated heterocycles. The normalized spacial score (nSPS) is 21.8. The molecule has 0 radical (unpaired) electrons. The largest absolute Gasteiger partial charge is 0.378 e. The van der Waals surface area contributed by atoms with Crippen molar-refractivity contribution in [2.75, 3.05) is 5.32 Å². The van der Waals surface area contributed by atoms with Gasteiger partial charge in [-0.3, -0.25) is 0 Å². The summed E-state index contributed by atoms with van der Waals surface area (Å²) in [5.41, 5.74) is 5.53. The van der Waals surface area contributed by atoms with Gasteiger partial charge in [-0.25, -0.2) is 0 Å². The fourth-order valence-electron chi connectivity index (χ4n) is 3.09. The summed E-state index contributed by atoms with van der Waals surface area (Å²) < 4.78 is 0. The molecule has 0 saturated carbocycles. The molecule has 0 aliphatic heterocycles. The smallest absolute Gasteiger partial charge is 0.0516 e. The predicted molar refractivity (Wildman–Crippen MR) is 81.6 cm³/mol. The van der Waals surface area contributed by atoms with Crippen LogP contribution in [0.25, 0.3) is 0 Å². The van der Waals surface area contributed by atoms with E-state index in [1.54, 1.807) is 0 Å². The van der Waals surface area contributed by atoms with Gasteiger partial charge in [0.2, 0.25) is 0 Å². The first-order chi connectivity index (χ1) is 9.24. The van der Waals surface area contributed by atoms with Crippen molar-refractivity contribution in [3.8, 4) is 0 Å². The maximum atomic E-state index is 3.70. The minimum absolute atomic E-state index is 0.453. The Morgan fingerprint density at radius 1 is 0.947 bits per heavy atom. The Kier molecular flexibility index (Phi) is 3.29. The van der Waals surface area contributed by atoms with Crippen LogP contribution in [0.2, 0.25) is 0 Å². The molecule has 1 N–H and O–H groups in total. The van der Waals surface area contributed by atoms with E-state index in [0.29, 0.717) is 12.0 Å². The first kappa shape index (κ1) is 12.3. The molecular weight excluding hydrogens is 230 g/mol. The van der Waals surface area contributed by atoms with E-state index in [9.17, 15) is 0 Å². The molecule has 0 bridgehead atoms. The zero-order valence-electron chi connectivity index (χ0n) is 11.7. The summed E-state index contributed by atoms with van der Waals surface area (Å²) in [5.74, 6) is 0.687. The van der Waals surface area contributed by atoms with Crippen LogP contribution in [-0.2, 0) is 0 Å². The van der Waals surface area contributed by atoms with Crippen molar-refractivity contribution in [3.05, 3.63) is 65.2 Å². The van der Waals surface area contributed by atoms with Crippen LogP contribution in [0.5, 0.6) is 0 Å². The van der Waals surface area contributed by atoms with Gasteiger partial charge in [0.1, 0.15) is 0 Å². The van der Waals surface area contributed by atoms with Gasteiger partial charge in [0.25, 0.3) is 0 Å². The lowest BCUT2D eigenvalue weighted by molar-refractivity contribution is 0.534. The van der Waals surface area contributed by atoms with Gasteiger partial charge < -0.3 is 5.32 Å². The van der Waals surface area contributed by atoms with Gasteiger partial charge in [-0.15, -0.1) is 0 Å². The first-order valence-electron chi connectivity index (χ1n) is 7.16. The molecule has 0 amide bonds. The SMILES string of the molecule is Cc1cccc(NC2CCC(C)c3ccccc32)c1. The molecule has 0 fully saturated rings. The third kappa shape index (κ3) is 2.51. The van der Waals surface area contributed by atoms with E-state index in [1.165, 1.54) is 35.2 Å². The number of hydrogen-bond donors (Lipinski definition) is 1. The molecule has 2 aromatic carbocycles. The number of nitrogens with one attached hydrogen (secondary N) is 1. The molecule has 2 unspecified atom stereocenters. The van der Waals surface area contributed by atoms with Gasteiger partial charge in [-0.05, 0) is 54.5 Å². The second-order valence-corrected chi connectivity index (χ2v) is 5.67. The fraction of sp³-hybridized carbons (Fsp3) is 0.333. The number of hydrogen-bond acceptors (Lipinski definition) is 1. The minimum Gasteiger partial charge on any atom is -0.378 e. The van der Waals surface area contributed by atoms with Crippen molar-refractivity contribution in [1.82, 2.24) is 0 Å². The van der Waals surface area contributed by atoms with E-state index in [0.717, 1.165) is 0 Å². The highest BCUT2D eigenvalue weighted by Gasteiger charge is 2.23. The average Bonchev–Trinajstić information content (AvgIpc) is 2.42. The predicted octanol–water partition coefficient (Wildman–Crippen LogP) is 5.05. The first-order valence-corrected chi connectivity index (χ1v) is 7.16. The van der Waals surface area contributed by atoms with E-state index in [2.05, 4.69) is 67.7 Å². The maximum Gasteiger partial charge on any atom is 0.0516 e. The molecule has 1 aliphatic rings. The molecular formula is C18H21N. The summed E-state index contributed by atoms with van der Waals surface area (Å²) in [5, 5.41) is 3.70. The summed E-state index contributed by atoms with van der Waals surface area (Å²) in [6.45, 7) is 4.48. The second-order valence-electron chi connectivity index (χ2n) is 5.67. The van der Waals surface area contributed by atoms with E-state index in [4.69, 9.17) is 0 Å². The molecule has 1 heteroatoms. The van der Waals surface area contributed by atoms with Crippen LogP contribution in [0.1, 0.15) is 48.4 Å². The maximum absolute atomic E-state index is 3.70. The van der Waals surface area contributed by atoms with E-state index in [-0.39, 0.29) is 0 Å². The molecule has 3 rings (SSSR count). The molecule has 0 spiro atoms. The lowest BCUT2D eigenvalue weighted by Gasteiger charge is -2.31. The van der Waals surface area contributed by atoms with E-state index < -0.39 is 0 Å². The summed E-state index contributed by atoms with van der Waals surface area (Å²) in [6.07, 6.45) is 2.48. The van der Waals surface area contributed by atoms with Crippen molar-refractivity contribution in [1.29, 1.82) is 0 Å². The quantitative estimate of drug-likeness (QED) is 0.788. The summed E-state index contributed by atoms with van der Waals surface area (Å²) >= 11 is 0. The van der Waals surface area contributed by atoms with Crippen molar-refractivity contribution in [2.45, 2.75) is 38.6 Å². The third-order valence-electron chi connectivity index (χ3n) is 4.15. The average molecular weight is 251 g/mol. The highest BCUT2D eigenvalue weighted by atomic mass is 14.9. The van der Waals surface area contributed by atoms with Gasteiger partial charge in [0.15, 0.2) is 0 Å². The second kappa shape index (κ2) is 5.08. The highest BCUT2D eigenvalue weighted by molar-refractivity contribution is 5.49. The molecule has 0 aromatic heterocycles. The van der Waals surface area contributed by atoms with Gasteiger partial charge in [0, 0.05) is 5.69 Å². The lowest BCUT2D eigenvalue weighted by atomic mass is 9.81. The third-order valence-corrected chi connectivity index (χ3v) is 4.15. The highest BCUT2D eigenvalue weighted by Crippen LogP contribution is 2.38. The van der Waals surface area contributed by atoms with Crippen LogP contribution in [0.3, 0.4) is 0 Å². The van der Waals surface area contributed by atoms with Crippen molar-refractivity contribution >= 4 is 5.69 Å². The number of aryl methyl sites for hydroxylation is 1. The molecule has 1 nitrogen and oxygen atoms in total. The van der Waals surface area contributed by atoms with Crippen LogP contribution in [-0.4, -0.2) is 0 Å². The van der Waals surface area contributed by atoms with Crippen molar-refractivity contribution in [3.63, 3.8) is 0 Å². The lowest BCUT2D eigenvalue weighted by Crippen LogP contribution is -2.19. The summed E-state index contributed by atoms with van der Waals surface area (Å²) in [7, 11) is 0. The molecule has 98 valence electrons. The van der Waals surface area contributed by atoms with Crippen LogP contribution in [0.15, 0.2) is 48.5 Å². The number of fused-ring (bicyclic) bond motifs is 1. The Morgan fingerprint density at radius 3 is 2.53 bits per heavy atom. The Labute approximate surface area is 115 Å². The molecule has 19 heavy (non-hydrogen) atoms. The molecule has 1 aliphatic carbocycles. The van der Waals surface area contributed by atoms with Gasteiger partial charge in [0.05, 0.1) is 6.04 Å². The van der Waals surface area contributed by atoms with Crippen LogP contribution >= 0.6 is 0 Å². The molecule has 2 aromatic rings. The Bertz CT molecular complexity index is 573. The zero-order chi connectivity index (χ0) is 13.2.